The normalized spacial score (nSPS) is 14.9. The van der Waals surface area contributed by atoms with Crippen molar-refractivity contribution in [3.63, 3.8) is 0 Å². The van der Waals surface area contributed by atoms with Crippen LogP contribution in [0.3, 0.4) is 0 Å². The highest BCUT2D eigenvalue weighted by Gasteiger charge is 2.24. The first-order chi connectivity index (χ1) is 13.5. The van der Waals surface area contributed by atoms with Crippen LogP contribution in [-0.4, -0.2) is 39.8 Å². The molecule has 1 aliphatic heterocycles. The number of sulfonamides is 2. The van der Waals surface area contributed by atoms with E-state index in [4.69, 9.17) is 0 Å². The topological polar surface area (TPSA) is 113 Å². The molecule has 1 aliphatic rings. The van der Waals surface area contributed by atoms with Gasteiger partial charge in [0.1, 0.15) is 5.82 Å². The van der Waals surface area contributed by atoms with Crippen molar-refractivity contribution in [2.75, 3.05) is 22.8 Å². The van der Waals surface area contributed by atoms with E-state index in [1.54, 1.807) is 18.2 Å². The molecular weight excluding hydrogens is 421 g/mol. The Labute approximate surface area is 168 Å². The first-order valence-electron chi connectivity index (χ1n) is 8.62. The predicted octanol–water partition coefficient (Wildman–Crippen LogP) is 1.90. The maximum Gasteiger partial charge on any atom is 0.261 e. The molecule has 29 heavy (non-hydrogen) atoms. The Morgan fingerprint density at radius 1 is 1.07 bits per heavy atom. The molecule has 0 atom stereocenters. The number of hydrogen-bond donors (Lipinski definition) is 2. The number of carbonyl (C=O) groups excluding carboxylic acids is 1. The second kappa shape index (κ2) is 7.73. The van der Waals surface area contributed by atoms with E-state index < -0.39 is 31.8 Å². The van der Waals surface area contributed by atoms with E-state index in [2.05, 4.69) is 10.0 Å². The van der Waals surface area contributed by atoms with Gasteiger partial charge in [0.2, 0.25) is 15.9 Å². The van der Waals surface area contributed by atoms with Gasteiger partial charge in [0, 0.05) is 25.7 Å². The van der Waals surface area contributed by atoms with Gasteiger partial charge in [-0.2, -0.15) is 4.31 Å². The number of amides is 1. The molecule has 0 spiro atoms. The Morgan fingerprint density at radius 3 is 2.41 bits per heavy atom. The zero-order chi connectivity index (χ0) is 21.4. The first kappa shape index (κ1) is 21.2. The predicted molar refractivity (Wildman–Crippen MR) is 107 cm³/mol. The Kier molecular flexibility index (Phi) is 5.65. The van der Waals surface area contributed by atoms with Crippen LogP contribution in [0.25, 0.3) is 0 Å². The first-order valence-corrected chi connectivity index (χ1v) is 12.0. The molecule has 0 unspecified atom stereocenters. The van der Waals surface area contributed by atoms with E-state index in [0.717, 1.165) is 17.9 Å². The molecule has 8 nitrogen and oxygen atoms in total. The third kappa shape index (κ3) is 4.92. The number of rotatable bonds is 5. The lowest BCUT2D eigenvalue weighted by molar-refractivity contribution is -0.114. The van der Waals surface area contributed by atoms with Crippen LogP contribution in [0.2, 0.25) is 0 Å². The van der Waals surface area contributed by atoms with E-state index >= 15 is 0 Å². The maximum atomic E-state index is 14.1. The highest BCUT2D eigenvalue weighted by atomic mass is 32.2. The number of anilines is 2. The van der Waals surface area contributed by atoms with Crippen LogP contribution in [0.5, 0.6) is 0 Å². The molecule has 0 aromatic heterocycles. The van der Waals surface area contributed by atoms with Gasteiger partial charge in [-0.25, -0.2) is 21.2 Å². The Morgan fingerprint density at radius 2 is 1.79 bits per heavy atom. The summed E-state index contributed by atoms with van der Waals surface area (Å²) >= 11 is 0. The van der Waals surface area contributed by atoms with Crippen molar-refractivity contribution in [2.24, 2.45) is 0 Å². The molecule has 0 saturated carbocycles. The van der Waals surface area contributed by atoms with E-state index in [-0.39, 0.29) is 22.8 Å². The molecule has 1 heterocycles. The lowest BCUT2D eigenvalue weighted by Crippen LogP contribution is -2.35. The van der Waals surface area contributed by atoms with Gasteiger partial charge >= 0.3 is 0 Å². The standard InChI is InChI=1S/C18H20FN3O5S2/c1-12(23)20-18-6-5-16(10-17(18)19)29(26,27)21-15-4-3-13-7-8-22(28(2,24)25)11-14(13)9-15/h3-6,9-10,21H,7-8,11H2,1-2H3,(H,20,23). The van der Waals surface area contributed by atoms with Crippen molar-refractivity contribution in [2.45, 2.75) is 24.8 Å². The summed E-state index contributed by atoms with van der Waals surface area (Å²) in [4.78, 5) is 10.7. The van der Waals surface area contributed by atoms with E-state index in [1.807, 2.05) is 0 Å². The van der Waals surface area contributed by atoms with Crippen molar-refractivity contribution in [1.29, 1.82) is 0 Å². The van der Waals surface area contributed by atoms with Crippen molar-refractivity contribution >= 4 is 37.3 Å². The molecule has 2 N–H and O–H groups in total. The molecule has 2 aromatic carbocycles. The largest absolute Gasteiger partial charge is 0.324 e. The highest BCUT2D eigenvalue weighted by Crippen LogP contribution is 2.26. The Bertz CT molecular complexity index is 1180. The zero-order valence-corrected chi connectivity index (χ0v) is 17.4. The Balaban J connectivity index is 1.84. The van der Waals surface area contributed by atoms with Crippen LogP contribution in [0.4, 0.5) is 15.8 Å². The lowest BCUT2D eigenvalue weighted by atomic mass is 10.0. The molecule has 0 bridgehead atoms. The van der Waals surface area contributed by atoms with Crippen molar-refractivity contribution < 1.29 is 26.0 Å². The highest BCUT2D eigenvalue weighted by molar-refractivity contribution is 7.92. The minimum atomic E-state index is -4.08. The van der Waals surface area contributed by atoms with Crippen molar-refractivity contribution in [3.8, 4) is 0 Å². The summed E-state index contributed by atoms with van der Waals surface area (Å²) < 4.78 is 66.6. The fraction of sp³-hybridized carbons (Fsp3) is 0.278. The molecule has 156 valence electrons. The number of nitrogens with one attached hydrogen (secondary N) is 2. The summed E-state index contributed by atoms with van der Waals surface area (Å²) in [5.41, 5.74) is 1.77. The van der Waals surface area contributed by atoms with Gasteiger partial charge < -0.3 is 5.32 Å². The molecule has 0 aliphatic carbocycles. The number of carbonyl (C=O) groups is 1. The fourth-order valence-electron chi connectivity index (χ4n) is 3.05. The summed E-state index contributed by atoms with van der Waals surface area (Å²) in [5, 5.41) is 2.27. The fourth-order valence-corrected chi connectivity index (χ4v) is 4.90. The van der Waals surface area contributed by atoms with Crippen LogP contribution < -0.4 is 10.0 Å². The van der Waals surface area contributed by atoms with Gasteiger partial charge in [0.15, 0.2) is 0 Å². The average molecular weight is 442 g/mol. The minimum Gasteiger partial charge on any atom is -0.324 e. The van der Waals surface area contributed by atoms with Gasteiger partial charge in [0.25, 0.3) is 10.0 Å². The van der Waals surface area contributed by atoms with E-state index in [9.17, 15) is 26.0 Å². The van der Waals surface area contributed by atoms with Crippen LogP contribution in [-0.2, 0) is 37.8 Å². The van der Waals surface area contributed by atoms with Gasteiger partial charge in [-0.15, -0.1) is 0 Å². The number of benzene rings is 2. The van der Waals surface area contributed by atoms with Crippen LogP contribution in [0.15, 0.2) is 41.3 Å². The summed E-state index contributed by atoms with van der Waals surface area (Å²) in [6.45, 7) is 1.74. The second-order valence-electron chi connectivity index (χ2n) is 6.76. The minimum absolute atomic E-state index is 0.119. The zero-order valence-electron chi connectivity index (χ0n) is 15.8. The molecule has 0 fully saturated rings. The van der Waals surface area contributed by atoms with Gasteiger partial charge in [-0.3, -0.25) is 9.52 Å². The van der Waals surface area contributed by atoms with Crippen LogP contribution in [0.1, 0.15) is 18.1 Å². The smallest absolute Gasteiger partial charge is 0.261 e. The van der Waals surface area contributed by atoms with Crippen LogP contribution >= 0.6 is 0 Å². The summed E-state index contributed by atoms with van der Waals surface area (Å²) in [7, 11) is -7.44. The molecule has 11 heteroatoms. The summed E-state index contributed by atoms with van der Waals surface area (Å²) in [6.07, 6.45) is 1.66. The lowest BCUT2D eigenvalue weighted by Gasteiger charge is -2.27. The molecular formula is C18H20FN3O5S2. The number of hydrogen-bond acceptors (Lipinski definition) is 5. The van der Waals surface area contributed by atoms with Gasteiger partial charge in [0.05, 0.1) is 16.8 Å². The third-order valence-electron chi connectivity index (χ3n) is 4.47. The van der Waals surface area contributed by atoms with E-state index in [1.165, 1.54) is 23.4 Å². The van der Waals surface area contributed by atoms with Gasteiger partial charge in [-0.05, 0) is 47.9 Å². The van der Waals surface area contributed by atoms with Crippen molar-refractivity contribution in [3.05, 3.63) is 53.3 Å². The second-order valence-corrected chi connectivity index (χ2v) is 10.4. The number of halogens is 1. The molecule has 3 rings (SSSR count). The molecule has 0 radical (unpaired) electrons. The Hall–Kier alpha value is -2.50. The van der Waals surface area contributed by atoms with E-state index in [0.29, 0.717) is 18.5 Å². The van der Waals surface area contributed by atoms with Gasteiger partial charge in [-0.1, -0.05) is 6.07 Å². The maximum absolute atomic E-state index is 14.1. The van der Waals surface area contributed by atoms with Crippen molar-refractivity contribution in [1.82, 2.24) is 4.31 Å². The summed E-state index contributed by atoms with van der Waals surface area (Å²) in [5.74, 6) is -1.35. The average Bonchev–Trinajstić information content (AvgIpc) is 2.61. The molecule has 0 saturated heterocycles. The quantitative estimate of drug-likeness (QED) is 0.736. The molecule has 1 amide bonds. The van der Waals surface area contributed by atoms with Crippen LogP contribution in [0, 0.1) is 5.82 Å². The summed E-state index contributed by atoms with van der Waals surface area (Å²) in [6, 6.07) is 8.06. The third-order valence-corrected chi connectivity index (χ3v) is 7.09. The number of fused-ring (bicyclic) bond motifs is 1. The SMILES string of the molecule is CC(=O)Nc1ccc(S(=O)(=O)Nc2ccc3c(c2)CN(S(C)(=O)=O)CC3)cc1F. The molecule has 2 aromatic rings. The monoisotopic (exact) mass is 441 g/mol. The number of nitrogens with zero attached hydrogens (tertiary/aromatic N) is 1.